The second kappa shape index (κ2) is 6.83. The van der Waals surface area contributed by atoms with Crippen molar-refractivity contribution < 1.29 is 5.11 Å². The van der Waals surface area contributed by atoms with E-state index in [1.54, 1.807) is 12.4 Å². The number of nitrogens with zero attached hydrogens (tertiary/aromatic N) is 2. The molecule has 2 aromatic carbocycles. The fourth-order valence-electron chi connectivity index (χ4n) is 2.21. The Hall–Kier alpha value is -2.72. The van der Waals surface area contributed by atoms with Gasteiger partial charge in [0.1, 0.15) is 5.82 Å². The van der Waals surface area contributed by atoms with Crippen molar-refractivity contribution >= 4 is 5.82 Å². The molecule has 0 aliphatic carbocycles. The molecule has 0 unspecified atom stereocenters. The van der Waals surface area contributed by atoms with Crippen LogP contribution in [0, 0.1) is 0 Å². The Kier molecular flexibility index (Phi) is 4.41. The minimum absolute atomic E-state index is 0.0210. The Morgan fingerprint density at radius 1 is 0.909 bits per heavy atom. The van der Waals surface area contributed by atoms with Crippen molar-refractivity contribution in [3.63, 3.8) is 0 Å². The Labute approximate surface area is 129 Å². The summed E-state index contributed by atoms with van der Waals surface area (Å²) in [7, 11) is 0. The van der Waals surface area contributed by atoms with Gasteiger partial charge in [-0.1, -0.05) is 48.5 Å². The fraction of sp³-hybridized carbons (Fsp3) is 0.111. The lowest BCUT2D eigenvalue weighted by atomic mass is 10.1. The van der Waals surface area contributed by atoms with E-state index in [4.69, 9.17) is 0 Å². The van der Waals surface area contributed by atoms with Gasteiger partial charge in [-0.15, -0.1) is 0 Å². The monoisotopic (exact) mass is 291 g/mol. The summed E-state index contributed by atoms with van der Waals surface area (Å²) in [5.74, 6) is 0.732. The molecule has 2 N–H and O–H groups in total. The zero-order valence-electron chi connectivity index (χ0n) is 12.1. The normalized spacial score (nSPS) is 10.4. The summed E-state index contributed by atoms with van der Waals surface area (Å²) in [5, 5.41) is 12.5. The lowest BCUT2D eigenvalue weighted by molar-refractivity contribution is 0.282. The van der Waals surface area contributed by atoms with E-state index in [9.17, 15) is 5.11 Å². The number of hydrogen-bond donors (Lipinski definition) is 2. The highest BCUT2D eigenvalue weighted by Gasteiger charge is 2.03. The molecule has 0 amide bonds. The van der Waals surface area contributed by atoms with Crippen molar-refractivity contribution in [2.75, 3.05) is 5.32 Å². The van der Waals surface area contributed by atoms with E-state index in [-0.39, 0.29) is 6.61 Å². The number of aliphatic hydroxyl groups excluding tert-OH is 1. The first-order chi connectivity index (χ1) is 10.8. The molecule has 1 heterocycles. The lowest BCUT2D eigenvalue weighted by Crippen LogP contribution is -2.02. The van der Waals surface area contributed by atoms with E-state index < -0.39 is 0 Å². The summed E-state index contributed by atoms with van der Waals surface area (Å²) in [6.45, 7) is 0.725. The third kappa shape index (κ3) is 3.48. The molecule has 3 rings (SSSR count). The van der Waals surface area contributed by atoms with E-state index in [1.807, 2.05) is 42.5 Å². The topological polar surface area (TPSA) is 58.0 Å². The molecule has 0 bridgehead atoms. The van der Waals surface area contributed by atoms with Gasteiger partial charge in [-0.05, 0) is 17.2 Å². The van der Waals surface area contributed by atoms with Gasteiger partial charge in [0.2, 0.25) is 0 Å². The van der Waals surface area contributed by atoms with Crippen LogP contribution in [0.1, 0.15) is 11.1 Å². The van der Waals surface area contributed by atoms with Gasteiger partial charge >= 0.3 is 0 Å². The van der Waals surface area contributed by atoms with Crippen LogP contribution in [0.3, 0.4) is 0 Å². The van der Waals surface area contributed by atoms with Crippen LogP contribution in [-0.2, 0) is 13.2 Å². The minimum atomic E-state index is 0.0210. The van der Waals surface area contributed by atoms with Crippen LogP contribution in [-0.4, -0.2) is 15.1 Å². The third-order valence-corrected chi connectivity index (χ3v) is 3.36. The summed E-state index contributed by atoms with van der Waals surface area (Å²) in [4.78, 5) is 8.82. The fourth-order valence-corrected chi connectivity index (χ4v) is 2.21. The van der Waals surface area contributed by atoms with Crippen molar-refractivity contribution in [2.45, 2.75) is 13.2 Å². The van der Waals surface area contributed by atoms with E-state index in [0.29, 0.717) is 6.54 Å². The molecule has 4 nitrogen and oxygen atoms in total. The van der Waals surface area contributed by atoms with Crippen LogP contribution in [0.4, 0.5) is 5.82 Å². The highest BCUT2D eigenvalue weighted by Crippen LogP contribution is 2.19. The number of hydrogen-bond acceptors (Lipinski definition) is 4. The van der Waals surface area contributed by atoms with E-state index >= 15 is 0 Å². The lowest BCUT2D eigenvalue weighted by Gasteiger charge is -2.08. The van der Waals surface area contributed by atoms with Crippen molar-refractivity contribution in [3.05, 3.63) is 78.1 Å². The van der Waals surface area contributed by atoms with Gasteiger partial charge in [0.25, 0.3) is 0 Å². The summed E-state index contributed by atoms with van der Waals surface area (Å²) < 4.78 is 0. The molecule has 0 aliphatic rings. The molecular formula is C18H17N3O. The average Bonchev–Trinajstić information content (AvgIpc) is 2.61. The molecule has 110 valence electrons. The van der Waals surface area contributed by atoms with Crippen molar-refractivity contribution in [3.8, 4) is 11.3 Å². The van der Waals surface area contributed by atoms with Gasteiger partial charge in [0.15, 0.2) is 0 Å². The number of rotatable bonds is 5. The molecule has 0 fully saturated rings. The SMILES string of the molecule is OCc1cccc(-c2cncc(NCc3ccccc3)n2)c1. The van der Waals surface area contributed by atoms with Crippen LogP contribution in [0.5, 0.6) is 0 Å². The van der Waals surface area contributed by atoms with Gasteiger partial charge in [-0.3, -0.25) is 4.98 Å². The summed E-state index contributed by atoms with van der Waals surface area (Å²) in [6, 6.07) is 17.8. The van der Waals surface area contributed by atoms with Crippen molar-refractivity contribution in [2.24, 2.45) is 0 Å². The maximum absolute atomic E-state index is 9.23. The number of anilines is 1. The van der Waals surface area contributed by atoms with Crippen molar-refractivity contribution in [1.29, 1.82) is 0 Å². The van der Waals surface area contributed by atoms with Crippen LogP contribution < -0.4 is 5.32 Å². The van der Waals surface area contributed by atoms with Gasteiger partial charge < -0.3 is 10.4 Å². The molecule has 1 aromatic heterocycles. The molecule has 3 aromatic rings. The molecule has 0 atom stereocenters. The average molecular weight is 291 g/mol. The Bertz CT molecular complexity index is 744. The highest BCUT2D eigenvalue weighted by molar-refractivity contribution is 5.60. The Morgan fingerprint density at radius 2 is 1.73 bits per heavy atom. The van der Waals surface area contributed by atoms with Gasteiger partial charge in [0, 0.05) is 12.1 Å². The number of nitrogens with one attached hydrogen (secondary N) is 1. The molecule has 0 aliphatic heterocycles. The van der Waals surface area contributed by atoms with E-state index in [1.165, 1.54) is 5.56 Å². The molecule has 0 saturated carbocycles. The Morgan fingerprint density at radius 3 is 2.55 bits per heavy atom. The zero-order valence-corrected chi connectivity index (χ0v) is 12.1. The zero-order chi connectivity index (χ0) is 15.2. The molecule has 0 saturated heterocycles. The Balaban J connectivity index is 1.77. The summed E-state index contributed by atoms with van der Waals surface area (Å²) >= 11 is 0. The van der Waals surface area contributed by atoms with E-state index in [2.05, 4.69) is 27.4 Å². The molecule has 4 heteroatoms. The van der Waals surface area contributed by atoms with Crippen molar-refractivity contribution in [1.82, 2.24) is 9.97 Å². The minimum Gasteiger partial charge on any atom is -0.392 e. The summed E-state index contributed by atoms with van der Waals surface area (Å²) in [5.41, 5.74) is 3.79. The quantitative estimate of drug-likeness (QED) is 0.757. The molecule has 0 spiro atoms. The second-order valence-corrected chi connectivity index (χ2v) is 4.99. The number of benzene rings is 2. The maximum Gasteiger partial charge on any atom is 0.145 e. The number of aromatic nitrogens is 2. The van der Waals surface area contributed by atoms with Gasteiger partial charge in [0.05, 0.1) is 24.7 Å². The second-order valence-electron chi connectivity index (χ2n) is 4.99. The predicted molar refractivity (Wildman–Crippen MR) is 87.2 cm³/mol. The maximum atomic E-state index is 9.23. The summed E-state index contributed by atoms with van der Waals surface area (Å²) in [6.07, 6.45) is 3.44. The molecule has 0 radical (unpaired) electrons. The highest BCUT2D eigenvalue weighted by atomic mass is 16.3. The largest absolute Gasteiger partial charge is 0.392 e. The third-order valence-electron chi connectivity index (χ3n) is 3.36. The predicted octanol–water partition coefficient (Wildman–Crippen LogP) is 3.25. The van der Waals surface area contributed by atoms with Crippen LogP contribution in [0.2, 0.25) is 0 Å². The molecular weight excluding hydrogens is 274 g/mol. The van der Waals surface area contributed by atoms with Crippen LogP contribution in [0.15, 0.2) is 67.0 Å². The first kappa shape index (κ1) is 14.2. The van der Waals surface area contributed by atoms with Gasteiger partial charge in [-0.2, -0.15) is 0 Å². The first-order valence-corrected chi connectivity index (χ1v) is 7.15. The standard InChI is InChI=1S/C18H17N3O/c22-13-15-7-4-8-16(9-15)17-11-19-12-18(21-17)20-10-14-5-2-1-3-6-14/h1-9,11-12,22H,10,13H2,(H,20,21). The van der Waals surface area contributed by atoms with Crippen LogP contribution >= 0.6 is 0 Å². The van der Waals surface area contributed by atoms with E-state index in [0.717, 1.165) is 22.6 Å². The van der Waals surface area contributed by atoms with Gasteiger partial charge in [-0.25, -0.2) is 4.98 Å². The number of aliphatic hydroxyl groups is 1. The molecule has 22 heavy (non-hydrogen) atoms. The smallest absolute Gasteiger partial charge is 0.145 e. The van der Waals surface area contributed by atoms with Crippen LogP contribution in [0.25, 0.3) is 11.3 Å². The first-order valence-electron chi connectivity index (χ1n) is 7.15.